The Morgan fingerprint density at radius 3 is 2.95 bits per heavy atom. The lowest BCUT2D eigenvalue weighted by molar-refractivity contribution is 0.0946. The lowest BCUT2D eigenvalue weighted by atomic mass is 10.2. The van der Waals surface area contributed by atoms with Gasteiger partial charge in [-0.1, -0.05) is 28.1 Å². The number of H-pyrrole nitrogens is 1. The minimum atomic E-state index is -0.136. The Hall–Kier alpha value is -2.14. The maximum atomic E-state index is 12.1. The van der Waals surface area contributed by atoms with E-state index in [1.54, 1.807) is 6.20 Å². The van der Waals surface area contributed by atoms with E-state index >= 15 is 0 Å². The average molecular weight is 330 g/mol. The molecule has 0 aliphatic rings. The first-order chi connectivity index (χ1) is 9.72. The highest BCUT2D eigenvalue weighted by atomic mass is 79.9. The van der Waals surface area contributed by atoms with Crippen molar-refractivity contribution in [3.05, 3.63) is 64.5 Å². The van der Waals surface area contributed by atoms with Gasteiger partial charge in [0, 0.05) is 21.6 Å². The molecule has 2 N–H and O–H groups in total. The van der Waals surface area contributed by atoms with E-state index in [-0.39, 0.29) is 5.91 Å². The van der Waals surface area contributed by atoms with Crippen molar-refractivity contribution in [2.75, 3.05) is 0 Å². The van der Waals surface area contributed by atoms with Crippen molar-refractivity contribution in [1.82, 2.24) is 15.3 Å². The first-order valence-corrected chi connectivity index (χ1v) is 6.98. The van der Waals surface area contributed by atoms with Crippen LogP contribution < -0.4 is 5.32 Å². The Bertz CT molecular complexity index is 752. The molecule has 2 aromatic heterocycles. The third-order valence-corrected chi connectivity index (χ3v) is 3.48. The van der Waals surface area contributed by atoms with Gasteiger partial charge in [-0.3, -0.25) is 9.78 Å². The van der Waals surface area contributed by atoms with Crippen LogP contribution >= 0.6 is 15.9 Å². The van der Waals surface area contributed by atoms with Crippen LogP contribution in [0.1, 0.15) is 16.2 Å². The van der Waals surface area contributed by atoms with Crippen LogP contribution in [0.25, 0.3) is 10.9 Å². The third kappa shape index (κ3) is 2.72. The van der Waals surface area contributed by atoms with Crippen molar-refractivity contribution in [3.8, 4) is 0 Å². The van der Waals surface area contributed by atoms with Crippen LogP contribution in [0.15, 0.2) is 53.1 Å². The molecule has 2 heterocycles. The molecule has 0 saturated heterocycles. The number of pyridine rings is 1. The highest BCUT2D eigenvalue weighted by Gasteiger charge is 2.09. The van der Waals surface area contributed by atoms with E-state index in [0.29, 0.717) is 12.2 Å². The van der Waals surface area contributed by atoms with Crippen molar-refractivity contribution in [3.63, 3.8) is 0 Å². The molecule has 4 nitrogen and oxygen atoms in total. The standard InChI is InChI=1S/C15H12BrN3O/c16-11-5-4-10-7-14(19-13(10)8-11)15(20)18-9-12-3-1-2-6-17-12/h1-8,19H,9H2,(H,18,20). The molecule has 3 aromatic rings. The summed E-state index contributed by atoms with van der Waals surface area (Å²) in [4.78, 5) is 19.4. The number of benzene rings is 1. The van der Waals surface area contributed by atoms with Gasteiger partial charge in [0.05, 0.1) is 12.2 Å². The largest absolute Gasteiger partial charge is 0.350 e. The maximum absolute atomic E-state index is 12.1. The quantitative estimate of drug-likeness (QED) is 0.774. The molecular formula is C15H12BrN3O. The van der Waals surface area contributed by atoms with Gasteiger partial charge in [0.1, 0.15) is 5.69 Å². The molecule has 20 heavy (non-hydrogen) atoms. The topological polar surface area (TPSA) is 57.8 Å². The second-order valence-corrected chi connectivity index (χ2v) is 5.33. The van der Waals surface area contributed by atoms with E-state index in [4.69, 9.17) is 0 Å². The van der Waals surface area contributed by atoms with Crippen LogP contribution in [0.4, 0.5) is 0 Å². The fraction of sp³-hybridized carbons (Fsp3) is 0.0667. The number of carbonyl (C=O) groups is 1. The predicted molar refractivity (Wildman–Crippen MR) is 81.4 cm³/mol. The summed E-state index contributed by atoms with van der Waals surface area (Å²) in [5.74, 6) is -0.136. The first-order valence-electron chi connectivity index (χ1n) is 6.19. The number of halogens is 1. The number of rotatable bonds is 3. The number of nitrogens with one attached hydrogen (secondary N) is 2. The van der Waals surface area contributed by atoms with E-state index in [1.807, 2.05) is 42.5 Å². The summed E-state index contributed by atoms with van der Waals surface area (Å²) in [6.07, 6.45) is 1.71. The summed E-state index contributed by atoms with van der Waals surface area (Å²) >= 11 is 3.41. The van der Waals surface area contributed by atoms with E-state index in [1.165, 1.54) is 0 Å². The number of amides is 1. The molecule has 1 amide bonds. The molecule has 0 aliphatic carbocycles. The van der Waals surface area contributed by atoms with E-state index < -0.39 is 0 Å². The molecule has 0 unspecified atom stereocenters. The summed E-state index contributed by atoms with van der Waals surface area (Å²) in [5, 5.41) is 3.86. The molecule has 0 atom stereocenters. The molecule has 0 saturated carbocycles. The molecular weight excluding hydrogens is 318 g/mol. The van der Waals surface area contributed by atoms with Crippen LogP contribution in [0.2, 0.25) is 0 Å². The summed E-state index contributed by atoms with van der Waals surface area (Å²) in [6.45, 7) is 0.415. The molecule has 100 valence electrons. The number of nitrogens with zero attached hydrogens (tertiary/aromatic N) is 1. The van der Waals surface area contributed by atoms with Crippen LogP contribution in [0, 0.1) is 0 Å². The van der Waals surface area contributed by atoms with Crippen molar-refractivity contribution in [1.29, 1.82) is 0 Å². The Kier molecular flexibility index (Phi) is 3.52. The van der Waals surface area contributed by atoms with Crippen molar-refractivity contribution in [2.45, 2.75) is 6.54 Å². The van der Waals surface area contributed by atoms with Crippen LogP contribution in [0.5, 0.6) is 0 Å². The lowest BCUT2D eigenvalue weighted by Crippen LogP contribution is -2.23. The Balaban J connectivity index is 1.75. The van der Waals surface area contributed by atoms with E-state index in [2.05, 4.69) is 31.2 Å². The van der Waals surface area contributed by atoms with Gasteiger partial charge in [-0.25, -0.2) is 0 Å². The molecule has 0 fully saturated rings. The van der Waals surface area contributed by atoms with Gasteiger partial charge in [0.15, 0.2) is 0 Å². The van der Waals surface area contributed by atoms with Crippen molar-refractivity contribution >= 4 is 32.7 Å². The number of aromatic nitrogens is 2. The average Bonchev–Trinajstić information content (AvgIpc) is 2.89. The highest BCUT2D eigenvalue weighted by Crippen LogP contribution is 2.20. The predicted octanol–water partition coefficient (Wildman–Crippen LogP) is 3.26. The normalized spacial score (nSPS) is 10.7. The van der Waals surface area contributed by atoms with Crippen LogP contribution in [-0.2, 0) is 6.54 Å². The number of hydrogen-bond donors (Lipinski definition) is 2. The zero-order chi connectivity index (χ0) is 13.9. The molecule has 0 radical (unpaired) electrons. The lowest BCUT2D eigenvalue weighted by Gasteiger charge is -2.02. The fourth-order valence-electron chi connectivity index (χ4n) is 1.99. The zero-order valence-corrected chi connectivity index (χ0v) is 12.1. The molecule has 3 rings (SSSR count). The number of carbonyl (C=O) groups excluding carboxylic acids is 1. The second-order valence-electron chi connectivity index (χ2n) is 4.42. The molecule has 0 aliphatic heterocycles. The SMILES string of the molecule is O=C(NCc1ccccn1)c1cc2ccc(Br)cc2[nH]1. The number of fused-ring (bicyclic) bond motifs is 1. The minimum Gasteiger partial charge on any atom is -0.350 e. The monoisotopic (exact) mass is 329 g/mol. The van der Waals surface area contributed by atoms with E-state index in [9.17, 15) is 4.79 Å². The van der Waals surface area contributed by atoms with Gasteiger partial charge >= 0.3 is 0 Å². The van der Waals surface area contributed by atoms with Gasteiger partial charge in [0.25, 0.3) is 5.91 Å². The Morgan fingerprint density at radius 1 is 1.25 bits per heavy atom. The maximum Gasteiger partial charge on any atom is 0.268 e. The summed E-state index contributed by atoms with van der Waals surface area (Å²) in [5.41, 5.74) is 2.32. The van der Waals surface area contributed by atoms with Gasteiger partial charge in [0.2, 0.25) is 0 Å². The molecule has 1 aromatic carbocycles. The Morgan fingerprint density at radius 2 is 2.15 bits per heavy atom. The summed E-state index contributed by atoms with van der Waals surface area (Å²) < 4.78 is 0.979. The van der Waals surface area contributed by atoms with Crippen LogP contribution in [0.3, 0.4) is 0 Å². The third-order valence-electron chi connectivity index (χ3n) is 2.99. The fourth-order valence-corrected chi connectivity index (χ4v) is 2.35. The number of hydrogen-bond acceptors (Lipinski definition) is 2. The molecule has 0 spiro atoms. The van der Waals surface area contributed by atoms with Gasteiger partial charge < -0.3 is 10.3 Å². The first kappa shape index (κ1) is 12.9. The van der Waals surface area contributed by atoms with Gasteiger partial charge in [-0.2, -0.15) is 0 Å². The smallest absolute Gasteiger partial charge is 0.268 e. The van der Waals surface area contributed by atoms with Gasteiger partial charge in [-0.15, -0.1) is 0 Å². The number of aromatic amines is 1. The van der Waals surface area contributed by atoms with Crippen molar-refractivity contribution in [2.24, 2.45) is 0 Å². The summed E-state index contributed by atoms with van der Waals surface area (Å²) in [6, 6.07) is 13.3. The van der Waals surface area contributed by atoms with E-state index in [0.717, 1.165) is 21.1 Å². The minimum absolute atomic E-state index is 0.136. The molecule has 5 heteroatoms. The second kappa shape index (κ2) is 5.46. The van der Waals surface area contributed by atoms with Crippen LogP contribution in [-0.4, -0.2) is 15.9 Å². The summed E-state index contributed by atoms with van der Waals surface area (Å²) in [7, 11) is 0. The highest BCUT2D eigenvalue weighted by molar-refractivity contribution is 9.10. The van der Waals surface area contributed by atoms with Crippen molar-refractivity contribution < 1.29 is 4.79 Å². The zero-order valence-electron chi connectivity index (χ0n) is 10.6. The Labute approximate surface area is 124 Å². The van der Waals surface area contributed by atoms with Gasteiger partial charge in [-0.05, 0) is 30.3 Å². The molecule has 0 bridgehead atoms.